The van der Waals surface area contributed by atoms with E-state index in [4.69, 9.17) is 27.6 Å². The number of phosphoric acid groups is 8. The molecule has 2 saturated carbocycles. The summed E-state index contributed by atoms with van der Waals surface area (Å²) in [5.41, 5.74) is 0.436. The lowest BCUT2D eigenvalue weighted by Gasteiger charge is -2.31. The average Bonchev–Trinajstić information content (AvgIpc) is 1.74. The zero-order chi connectivity index (χ0) is 86.0. The van der Waals surface area contributed by atoms with Gasteiger partial charge in [-0.25, -0.2) is 46.6 Å². The van der Waals surface area contributed by atoms with E-state index in [1.807, 2.05) is 4.98 Å². The summed E-state index contributed by atoms with van der Waals surface area (Å²) in [6.07, 6.45) is -1.72. The molecular formula is C60H86N10O39P8-2. The van der Waals surface area contributed by atoms with Gasteiger partial charge in [-0.05, 0) is 115 Å². The van der Waals surface area contributed by atoms with Crippen molar-refractivity contribution in [2.75, 3.05) is 46.1 Å². The maximum absolute atomic E-state index is 13.4. The molecule has 5 aromatic rings. The summed E-state index contributed by atoms with van der Waals surface area (Å²) in [7, 11) is -47.9. The number of hydrogen-bond acceptors (Lipinski definition) is 35. The molecule has 11 unspecified atom stereocenters. The molecule has 1 aliphatic heterocycles. The van der Waals surface area contributed by atoms with Crippen molar-refractivity contribution in [1.29, 1.82) is 0 Å². The Labute approximate surface area is 661 Å². The quantitative estimate of drug-likeness (QED) is 0.0198. The third-order valence-corrected chi connectivity index (χ3v) is 30.0. The highest BCUT2D eigenvalue weighted by molar-refractivity contribution is 7.72. The largest absolute Gasteiger partial charge is 0.756 e. The molecule has 2 amide bonds. The lowest BCUT2D eigenvalue weighted by Crippen LogP contribution is -2.33. The fraction of sp³-hybridized carbons (Fsp3) is 0.600. The minimum absolute atomic E-state index is 0.0119. The summed E-state index contributed by atoms with van der Waals surface area (Å²) in [5.74, 6) is -2.18. The fourth-order valence-corrected chi connectivity index (χ4v) is 22.8. The molecule has 4 aromatic heterocycles. The van der Waals surface area contributed by atoms with Gasteiger partial charge in [-0.2, -0.15) is 26.7 Å². The van der Waals surface area contributed by atoms with Crippen LogP contribution in [0.1, 0.15) is 134 Å². The summed E-state index contributed by atoms with van der Waals surface area (Å²) in [5, 5.41) is 35.2. The van der Waals surface area contributed by atoms with Gasteiger partial charge in [0.2, 0.25) is 5.91 Å². The molecule has 0 spiro atoms. The fourth-order valence-electron chi connectivity index (χ4n) is 13.2. The molecule has 117 heavy (non-hydrogen) atoms. The van der Waals surface area contributed by atoms with Crippen LogP contribution in [-0.2, 0) is 119 Å². The molecule has 3 fully saturated rings. The second-order valence-corrected chi connectivity index (χ2v) is 39.8. The van der Waals surface area contributed by atoms with Crippen LogP contribution in [-0.4, -0.2) is 167 Å². The number of carbonyl (C=O) groups excluding carboxylic acids is 2. The smallest absolute Gasteiger partial charge is 0.490 e. The van der Waals surface area contributed by atoms with Crippen LogP contribution in [0.3, 0.4) is 0 Å². The van der Waals surface area contributed by atoms with Crippen molar-refractivity contribution in [3.8, 4) is 11.3 Å². The molecule has 4 aliphatic rings. The third-order valence-electron chi connectivity index (χ3n) is 18.8. The van der Waals surface area contributed by atoms with Crippen LogP contribution in [0.5, 0.6) is 0 Å². The zero-order valence-corrected chi connectivity index (χ0v) is 69.6. The van der Waals surface area contributed by atoms with Gasteiger partial charge in [-0.1, -0.05) is 37.1 Å². The van der Waals surface area contributed by atoms with Gasteiger partial charge in [-0.15, -0.1) is 5.10 Å². The molecule has 0 radical (unpaired) electrons. The Hall–Kier alpha value is -5.96. The Morgan fingerprint density at radius 3 is 1.66 bits per heavy atom. The number of aliphatic hydroxyl groups is 2. The van der Waals surface area contributed by atoms with Crippen LogP contribution < -0.4 is 54.2 Å². The Balaban J connectivity index is 0.642. The number of nitrogens with zero attached hydrogens (tertiary/aromatic N) is 5. The maximum atomic E-state index is 13.4. The number of fused-ring (bicyclic) bond motifs is 1. The lowest BCUT2D eigenvalue weighted by atomic mass is 9.89. The van der Waals surface area contributed by atoms with Gasteiger partial charge >= 0.3 is 70.1 Å². The normalized spacial score (nSPS) is 25.1. The molecule has 5 heterocycles. The summed E-state index contributed by atoms with van der Waals surface area (Å²) < 4.78 is 164. The number of unbranched alkanes of at least 4 members (excludes halogenated alkanes) is 3. The van der Waals surface area contributed by atoms with E-state index in [1.165, 1.54) is 37.7 Å². The molecule has 3 aliphatic carbocycles. The first-order chi connectivity index (χ1) is 54.5. The van der Waals surface area contributed by atoms with Crippen molar-refractivity contribution in [3.63, 3.8) is 0 Å². The topological polar surface area (TPSA) is 713 Å². The monoisotopic (exact) mass is 1820 g/mol. The molecule has 1 saturated heterocycles. The molecule has 1 aromatic carbocycles. The number of ether oxygens (including phenoxy) is 2. The van der Waals surface area contributed by atoms with Crippen molar-refractivity contribution in [2.24, 2.45) is 11.8 Å². The third kappa shape index (κ3) is 28.3. The van der Waals surface area contributed by atoms with E-state index in [-0.39, 0.29) is 87.1 Å². The standard InChI is InChI=1S/C60H88N10O39P8/c1-34-28-68(57(77)63-54(34)74)42-23-40(47(71)25-42)31-100-111(83,84)104-49-26-43(69-29-35(2)55(75)64-58(69)78)24-41(49)32-99-110(81,82)98-21-19-62-60(80)102-44-10-9-11-46-45(17-16-44)37(4)66-67-53(46)39-14-12-38(13-15-39)22-51(73)61-18-7-5-6-8-20-97-112(85,86)105-114(89,90)107-116(93,94)109-117(95,96)108-115(91,92)106-113(87,88)101-33-50-48(72)27-52(103-50)70-30-36(3)56(76)65-59(70)79/h12-15,28-30,40-44,47-50,52,71-72H,5-11,16-27,31-33H2,1-4H3,(H,61,73)(H,62,80)(H,81,82)(H,83,84)(H,85,86)(H,87,88)(H,89,90)(H,91,92)(H,93,94)(H,95,96)(H,63,74,77)(H,64,75,78)(H,65,76,79)/p-2/t40-,41-,42-,43-,44?,47?,48+,49?,50+,52+/m1/s1. The molecule has 9 rings (SSSR count). The van der Waals surface area contributed by atoms with Gasteiger partial charge < -0.3 is 87.6 Å². The number of carbonyl (C=O) groups is 2. The van der Waals surface area contributed by atoms with Gasteiger partial charge in [0.15, 0.2) is 0 Å². The first-order valence-electron chi connectivity index (χ1n) is 35.7. The van der Waals surface area contributed by atoms with Crippen LogP contribution in [0, 0.1) is 39.5 Å². The number of rotatable bonds is 40. The predicted molar refractivity (Wildman–Crippen MR) is 393 cm³/mol. The molecule has 0 bridgehead atoms. The second-order valence-electron chi connectivity index (χ2n) is 27.6. The lowest BCUT2D eigenvalue weighted by molar-refractivity contribution is -0.233. The van der Waals surface area contributed by atoms with E-state index < -0.39 is 196 Å². The van der Waals surface area contributed by atoms with E-state index in [2.05, 4.69) is 61.4 Å². The number of aromatic amines is 3. The Bertz CT molecular complexity index is 5210. The minimum Gasteiger partial charge on any atom is -0.756 e. The number of phosphoric ester groups is 4. The predicted octanol–water partition coefficient (Wildman–Crippen LogP) is 2.61. The van der Waals surface area contributed by atoms with Crippen molar-refractivity contribution in [2.45, 2.75) is 173 Å². The molecule has 13 N–H and O–H groups in total. The van der Waals surface area contributed by atoms with E-state index in [1.54, 1.807) is 31.2 Å². The summed E-state index contributed by atoms with van der Waals surface area (Å²) >= 11 is 0. The van der Waals surface area contributed by atoms with Crippen molar-refractivity contribution in [1.82, 2.24) is 49.5 Å². The van der Waals surface area contributed by atoms with Crippen LogP contribution in [0.4, 0.5) is 4.79 Å². The number of aliphatic hydroxyl groups excluding tert-OH is 2. The first-order valence-corrected chi connectivity index (χ1v) is 47.6. The number of alkyl carbamates (subject to hydrolysis) is 1. The molecule has 652 valence electrons. The number of nitrogens with one attached hydrogen (secondary N) is 5. The number of H-pyrrole nitrogens is 3. The molecule has 18 atom stereocenters. The van der Waals surface area contributed by atoms with Crippen LogP contribution in [0.15, 0.2) is 71.6 Å². The number of hydrogen-bond donors (Lipinski definition) is 13. The number of benzene rings is 1. The van der Waals surface area contributed by atoms with Crippen molar-refractivity contribution in [3.05, 3.63) is 144 Å². The highest BCUT2D eigenvalue weighted by Crippen LogP contribution is 2.75. The second kappa shape index (κ2) is 39.9. The Morgan fingerprint density at radius 2 is 1.06 bits per heavy atom. The molecular weight excluding hydrogens is 1730 g/mol. The van der Waals surface area contributed by atoms with E-state index >= 15 is 0 Å². The highest BCUT2D eigenvalue weighted by Gasteiger charge is 2.51. The van der Waals surface area contributed by atoms with Gasteiger partial charge in [0.25, 0.3) is 32.3 Å². The summed E-state index contributed by atoms with van der Waals surface area (Å²) in [6.45, 7) is 2.22. The van der Waals surface area contributed by atoms with Crippen LogP contribution in [0.25, 0.3) is 11.3 Å². The van der Waals surface area contributed by atoms with Crippen LogP contribution >= 0.6 is 62.6 Å². The highest BCUT2D eigenvalue weighted by atomic mass is 31.3. The molecule has 57 heteroatoms. The summed E-state index contributed by atoms with van der Waals surface area (Å²) in [6, 6.07) is 5.64. The van der Waals surface area contributed by atoms with Gasteiger partial charge in [0.1, 0.15) is 18.4 Å². The minimum atomic E-state index is -6.57. The SMILES string of the molecule is Cc1nnc(-c2ccc(CC(=O)NCCCCCCOP(=O)(O)OP(=O)(O)OP(=O)(O)OP(=O)(O)OP(=O)(O)OP(=O)(O)OC[C@@H]3O[C@H](n4cc(C)c(=O)[nH]c4=O)C[C@@H]3O)cc2)c2c1CCC(OC(=O)NCCOP(=O)([O-])OC[C@H]1C[C@@H](n3cc(C)c(=O)[nH]c3=O)CC1OP(=O)([O-])OC[C@H]1C[C@@H](n3cc(C)c(=O)[nH]c3=O)CC1O)CCC2. The van der Waals surface area contributed by atoms with Gasteiger partial charge in [0.05, 0.1) is 69.2 Å². The van der Waals surface area contributed by atoms with E-state index in [0.29, 0.717) is 67.5 Å². The number of aryl methyl sites for hydroxylation is 4. The average molecular weight is 1820 g/mol. The van der Waals surface area contributed by atoms with E-state index in [0.717, 1.165) is 26.5 Å². The molecule has 49 nitrogen and oxygen atoms in total. The van der Waals surface area contributed by atoms with E-state index in [9.17, 15) is 124 Å². The maximum Gasteiger partial charge on any atom is 0.490 e. The Morgan fingerprint density at radius 1 is 0.538 bits per heavy atom. The zero-order valence-electron chi connectivity index (χ0n) is 62.4. The van der Waals surface area contributed by atoms with Crippen molar-refractivity contribution >= 4 is 74.6 Å². The van der Waals surface area contributed by atoms with Crippen molar-refractivity contribution < 1.29 is 154 Å². The van der Waals surface area contributed by atoms with Gasteiger partial charge in [-0.3, -0.25) is 66.0 Å². The first kappa shape index (κ1) is 94.9. The summed E-state index contributed by atoms with van der Waals surface area (Å²) in [4.78, 5) is 192. The number of aromatic nitrogens is 8. The van der Waals surface area contributed by atoms with Gasteiger partial charge in [0, 0.05) is 84.3 Å². The Kier molecular flexibility index (Phi) is 32.4. The number of amides is 2. The van der Waals surface area contributed by atoms with Crippen LogP contribution in [0.2, 0.25) is 0 Å².